The highest BCUT2D eigenvalue weighted by atomic mass is 35.5. The molecule has 110 valence electrons. The second-order valence-electron chi connectivity index (χ2n) is 4.32. The normalized spacial score (nSPS) is 11.7. The number of carbonyl (C=O) groups excluding carboxylic acids is 2. The molecule has 0 aliphatic carbocycles. The van der Waals surface area contributed by atoms with Crippen molar-refractivity contribution >= 4 is 23.4 Å². The van der Waals surface area contributed by atoms with Crippen LogP contribution in [0.25, 0.3) is 0 Å². The van der Waals surface area contributed by atoms with Crippen molar-refractivity contribution in [2.75, 3.05) is 6.54 Å². The van der Waals surface area contributed by atoms with Crippen molar-refractivity contribution in [3.05, 3.63) is 47.0 Å². The maximum absolute atomic E-state index is 11.9. The summed E-state index contributed by atoms with van der Waals surface area (Å²) >= 11 is 5.91. The number of carbonyl (C=O) groups is 2. The standard InChI is InChI=1S/C13H14ClN5O2/c1-8(12-16-7-17-19-12)18-11(20)6-15-13(21)9-4-2-3-5-10(9)14/h2-5,7-8H,6H2,1H3,(H,15,21)(H,18,20)(H,16,17,19). The van der Waals surface area contributed by atoms with Gasteiger partial charge in [0.05, 0.1) is 23.2 Å². The summed E-state index contributed by atoms with van der Waals surface area (Å²) in [5.74, 6) is -0.192. The number of benzene rings is 1. The number of halogens is 1. The first-order chi connectivity index (χ1) is 10.1. The molecule has 21 heavy (non-hydrogen) atoms. The number of hydrogen-bond acceptors (Lipinski definition) is 4. The van der Waals surface area contributed by atoms with Crippen molar-refractivity contribution in [3.8, 4) is 0 Å². The third-order valence-corrected chi connectivity index (χ3v) is 3.08. The Bertz CT molecular complexity index is 629. The summed E-state index contributed by atoms with van der Waals surface area (Å²) in [6, 6.07) is 6.31. The highest BCUT2D eigenvalue weighted by Crippen LogP contribution is 2.14. The Morgan fingerprint density at radius 3 is 2.81 bits per heavy atom. The van der Waals surface area contributed by atoms with Crippen molar-refractivity contribution in [1.29, 1.82) is 0 Å². The molecule has 0 aliphatic heterocycles. The summed E-state index contributed by atoms with van der Waals surface area (Å²) in [6.07, 6.45) is 1.36. The van der Waals surface area contributed by atoms with Crippen LogP contribution in [-0.2, 0) is 4.79 Å². The molecule has 1 unspecified atom stereocenters. The molecule has 0 saturated heterocycles. The van der Waals surface area contributed by atoms with Gasteiger partial charge in [-0.15, -0.1) is 0 Å². The molecule has 0 spiro atoms. The summed E-state index contributed by atoms with van der Waals surface area (Å²) in [7, 11) is 0. The Balaban J connectivity index is 1.84. The van der Waals surface area contributed by atoms with Gasteiger partial charge in [0.15, 0.2) is 0 Å². The van der Waals surface area contributed by atoms with Gasteiger partial charge in [-0.3, -0.25) is 14.7 Å². The first kappa shape index (κ1) is 15.0. The van der Waals surface area contributed by atoms with Gasteiger partial charge >= 0.3 is 0 Å². The maximum atomic E-state index is 11.9. The molecule has 0 saturated carbocycles. The number of hydrogen-bond donors (Lipinski definition) is 3. The molecule has 2 amide bonds. The van der Waals surface area contributed by atoms with E-state index in [2.05, 4.69) is 25.8 Å². The third kappa shape index (κ3) is 4.03. The van der Waals surface area contributed by atoms with Crippen molar-refractivity contribution in [2.24, 2.45) is 0 Å². The number of rotatable bonds is 5. The average molecular weight is 308 g/mol. The molecule has 0 radical (unpaired) electrons. The van der Waals surface area contributed by atoms with Gasteiger partial charge in [-0.25, -0.2) is 4.98 Å². The molecule has 2 aromatic rings. The number of nitrogens with one attached hydrogen (secondary N) is 3. The van der Waals surface area contributed by atoms with Gasteiger partial charge in [-0.05, 0) is 19.1 Å². The summed E-state index contributed by atoms with van der Waals surface area (Å²) in [5, 5.41) is 11.9. The quantitative estimate of drug-likeness (QED) is 0.769. The lowest BCUT2D eigenvalue weighted by Crippen LogP contribution is -2.38. The van der Waals surface area contributed by atoms with Crippen LogP contribution in [0.3, 0.4) is 0 Å². The number of nitrogens with zero attached hydrogens (tertiary/aromatic N) is 2. The molecule has 2 rings (SSSR count). The summed E-state index contributed by atoms with van der Waals surface area (Å²) in [4.78, 5) is 27.6. The Morgan fingerprint density at radius 2 is 2.14 bits per heavy atom. The van der Waals surface area contributed by atoms with Gasteiger partial charge in [0, 0.05) is 0 Å². The van der Waals surface area contributed by atoms with E-state index in [-0.39, 0.29) is 18.5 Å². The van der Waals surface area contributed by atoms with Gasteiger partial charge in [-0.1, -0.05) is 23.7 Å². The van der Waals surface area contributed by atoms with Gasteiger partial charge in [0.1, 0.15) is 12.2 Å². The van der Waals surface area contributed by atoms with Crippen molar-refractivity contribution < 1.29 is 9.59 Å². The fourth-order valence-electron chi connectivity index (χ4n) is 1.69. The smallest absolute Gasteiger partial charge is 0.253 e. The molecule has 8 heteroatoms. The zero-order valence-electron chi connectivity index (χ0n) is 11.3. The van der Waals surface area contributed by atoms with Crippen molar-refractivity contribution in [2.45, 2.75) is 13.0 Å². The van der Waals surface area contributed by atoms with Crippen LogP contribution in [-0.4, -0.2) is 33.5 Å². The maximum Gasteiger partial charge on any atom is 0.253 e. The van der Waals surface area contributed by atoms with Crippen LogP contribution >= 0.6 is 11.6 Å². The lowest BCUT2D eigenvalue weighted by molar-refractivity contribution is -0.120. The van der Waals surface area contributed by atoms with Gasteiger partial charge in [0.25, 0.3) is 5.91 Å². The fraction of sp³-hybridized carbons (Fsp3) is 0.231. The van der Waals surface area contributed by atoms with Gasteiger partial charge < -0.3 is 10.6 Å². The molecule has 1 aromatic carbocycles. The van der Waals surface area contributed by atoms with E-state index >= 15 is 0 Å². The van der Waals surface area contributed by atoms with Crippen molar-refractivity contribution in [3.63, 3.8) is 0 Å². The Morgan fingerprint density at radius 1 is 1.38 bits per heavy atom. The lowest BCUT2D eigenvalue weighted by Gasteiger charge is -2.11. The van der Waals surface area contributed by atoms with E-state index in [9.17, 15) is 9.59 Å². The molecular formula is C13H14ClN5O2. The zero-order valence-corrected chi connectivity index (χ0v) is 12.0. The number of aromatic nitrogens is 3. The van der Waals surface area contributed by atoms with Crippen LogP contribution in [0.5, 0.6) is 0 Å². The van der Waals surface area contributed by atoms with E-state index in [4.69, 9.17) is 11.6 Å². The second-order valence-corrected chi connectivity index (χ2v) is 4.73. The van der Waals surface area contributed by atoms with E-state index in [1.165, 1.54) is 6.33 Å². The molecule has 1 atom stereocenters. The number of aromatic amines is 1. The molecule has 3 N–H and O–H groups in total. The largest absolute Gasteiger partial charge is 0.345 e. The van der Waals surface area contributed by atoms with E-state index < -0.39 is 5.91 Å². The third-order valence-electron chi connectivity index (χ3n) is 2.75. The van der Waals surface area contributed by atoms with E-state index in [0.717, 1.165) is 0 Å². The topological polar surface area (TPSA) is 99.8 Å². The summed E-state index contributed by atoms with van der Waals surface area (Å²) in [6.45, 7) is 1.61. The van der Waals surface area contributed by atoms with Crippen LogP contribution in [0.15, 0.2) is 30.6 Å². The van der Waals surface area contributed by atoms with E-state index in [1.807, 2.05) is 0 Å². The van der Waals surface area contributed by atoms with Gasteiger partial charge in [-0.2, -0.15) is 5.10 Å². The van der Waals surface area contributed by atoms with Gasteiger partial charge in [0.2, 0.25) is 5.91 Å². The van der Waals surface area contributed by atoms with E-state index in [1.54, 1.807) is 31.2 Å². The summed E-state index contributed by atoms with van der Waals surface area (Å²) < 4.78 is 0. The zero-order chi connectivity index (χ0) is 15.2. The minimum atomic E-state index is -0.400. The van der Waals surface area contributed by atoms with Crippen LogP contribution in [0.1, 0.15) is 29.1 Å². The minimum Gasteiger partial charge on any atom is -0.345 e. The summed E-state index contributed by atoms with van der Waals surface area (Å²) in [5.41, 5.74) is 0.329. The molecular weight excluding hydrogens is 294 g/mol. The number of H-pyrrole nitrogens is 1. The van der Waals surface area contributed by atoms with Crippen molar-refractivity contribution in [1.82, 2.24) is 25.8 Å². The Labute approximate surface area is 126 Å². The minimum absolute atomic E-state index is 0.150. The first-order valence-corrected chi connectivity index (χ1v) is 6.63. The SMILES string of the molecule is CC(NC(=O)CNC(=O)c1ccccc1Cl)c1ncn[nH]1. The molecule has 0 fully saturated rings. The highest BCUT2D eigenvalue weighted by Gasteiger charge is 2.14. The Kier molecular flexibility index (Phi) is 4.89. The second kappa shape index (κ2) is 6.85. The highest BCUT2D eigenvalue weighted by molar-refractivity contribution is 6.33. The lowest BCUT2D eigenvalue weighted by atomic mass is 10.2. The predicted octanol–water partition coefficient (Wildman–Crippen LogP) is 1.07. The number of amides is 2. The van der Waals surface area contributed by atoms with E-state index in [0.29, 0.717) is 16.4 Å². The van der Waals surface area contributed by atoms with Crippen LogP contribution in [0, 0.1) is 0 Å². The Hall–Kier alpha value is -2.41. The fourth-order valence-corrected chi connectivity index (χ4v) is 1.91. The van der Waals surface area contributed by atoms with Crippen LogP contribution < -0.4 is 10.6 Å². The predicted molar refractivity (Wildman–Crippen MR) is 76.7 cm³/mol. The molecule has 1 aromatic heterocycles. The first-order valence-electron chi connectivity index (χ1n) is 6.25. The van der Waals surface area contributed by atoms with Crippen LogP contribution in [0.2, 0.25) is 5.02 Å². The monoisotopic (exact) mass is 307 g/mol. The average Bonchev–Trinajstić information content (AvgIpc) is 2.99. The molecule has 0 aliphatic rings. The molecule has 1 heterocycles. The molecule has 7 nitrogen and oxygen atoms in total. The van der Waals surface area contributed by atoms with Crippen LogP contribution in [0.4, 0.5) is 0 Å². The molecule has 0 bridgehead atoms.